The van der Waals surface area contributed by atoms with Gasteiger partial charge in [-0.3, -0.25) is 4.79 Å². The molecular formula is C13H15FO3. The minimum absolute atomic E-state index is 0.241. The zero-order valence-corrected chi connectivity index (χ0v) is 9.43. The number of aldehydes is 1. The van der Waals surface area contributed by atoms with E-state index in [0.29, 0.717) is 18.5 Å². The van der Waals surface area contributed by atoms with E-state index in [1.165, 1.54) is 12.1 Å². The third-order valence-corrected chi connectivity index (χ3v) is 2.98. The van der Waals surface area contributed by atoms with Crippen molar-refractivity contribution >= 4 is 6.29 Å². The summed E-state index contributed by atoms with van der Waals surface area (Å²) in [5.41, 5.74) is 0.241. The minimum Gasteiger partial charge on any atom is -0.488 e. The number of halogens is 1. The number of hydrogen-bond donors (Lipinski definition) is 1. The molecule has 0 saturated heterocycles. The van der Waals surface area contributed by atoms with E-state index in [1.54, 1.807) is 0 Å². The van der Waals surface area contributed by atoms with Crippen molar-refractivity contribution in [2.24, 2.45) is 0 Å². The number of benzene rings is 1. The van der Waals surface area contributed by atoms with Gasteiger partial charge in [0.15, 0.2) is 0 Å². The largest absolute Gasteiger partial charge is 0.488 e. The second-order valence-corrected chi connectivity index (χ2v) is 4.35. The van der Waals surface area contributed by atoms with Gasteiger partial charge >= 0.3 is 0 Å². The van der Waals surface area contributed by atoms with Gasteiger partial charge in [-0.2, -0.15) is 0 Å². The van der Waals surface area contributed by atoms with Crippen molar-refractivity contribution in [2.75, 3.05) is 0 Å². The molecule has 1 fully saturated rings. The smallest absolute Gasteiger partial charge is 0.150 e. The highest BCUT2D eigenvalue weighted by Crippen LogP contribution is 2.25. The Bertz CT molecular complexity index is 406. The predicted octanol–water partition coefficient (Wildman–Crippen LogP) is 2.32. The molecule has 1 aromatic rings. The average molecular weight is 238 g/mol. The van der Waals surface area contributed by atoms with Crippen molar-refractivity contribution in [1.29, 1.82) is 0 Å². The van der Waals surface area contributed by atoms with Crippen LogP contribution in [0.1, 0.15) is 36.0 Å². The molecule has 92 valence electrons. The molecule has 0 heterocycles. The summed E-state index contributed by atoms with van der Waals surface area (Å²) in [4.78, 5) is 10.6. The highest BCUT2D eigenvalue weighted by molar-refractivity contribution is 5.75. The highest BCUT2D eigenvalue weighted by Gasteiger charge is 2.24. The third kappa shape index (κ3) is 3.03. The zero-order valence-electron chi connectivity index (χ0n) is 9.43. The van der Waals surface area contributed by atoms with E-state index in [1.807, 2.05) is 0 Å². The van der Waals surface area contributed by atoms with Crippen molar-refractivity contribution in [3.8, 4) is 5.75 Å². The Hall–Kier alpha value is -1.42. The van der Waals surface area contributed by atoms with Crippen molar-refractivity contribution in [3.63, 3.8) is 0 Å². The van der Waals surface area contributed by atoms with E-state index < -0.39 is 11.9 Å². The molecule has 4 heteroatoms. The van der Waals surface area contributed by atoms with Crippen LogP contribution in [0.2, 0.25) is 0 Å². The molecule has 1 saturated carbocycles. The molecule has 0 radical (unpaired) electrons. The van der Waals surface area contributed by atoms with E-state index in [2.05, 4.69) is 0 Å². The summed E-state index contributed by atoms with van der Waals surface area (Å²) >= 11 is 0. The molecular weight excluding hydrogens is 223 g/mol. The predicted molar refractivity (Wildman–Crippen MR) is 60.7 cm³/mol. The molecule has 1 aliphatic carbocycles. The lowest BCUT2D eigenvalue weighted by atomic mass is 9.95. The van der Waals surface area contributed by atoms with Gasteiger partial charge in [-0.05, 0) is 31.4 Å². The van der Waals surface area contributed by atoms with E-state index in [-0.39, 0.29) is 11.7 Å². The third-order valence-electron chi connectivity index (χ3n) is 2.98. The molecule has 0 amide bonds. The van der Waals surface area contributed by atoms with Crippen LogP contribution in [-0.4, -0.2) is 23.6 Å². The number of aliphatic hydroxyl groups is 1. The van der Waals surface area contributed by atoms with Gasteiger partial charge in [0.2, 0.25) is 0 Å². The fourth-order valence-electron chi connectivity index (χ4n) is 2.11. The lowest BCUT2D eigenvalue weighted by Crippen LogP contribution is -2.34. The standard InChI is InChI=1S/C13H15FO3/c14-10-5-9(8-15)6-11(7-10)17-13-4-2-1-3-12(13)16/h5-8,12-13,16H,1-4H2. The summed E-state index contributed by atoms with van der Waals surface area (Å²) in [5, 5.41) is 9.74. The molecule has 17 heavy (non-hydrogen) atoms. The maximum Gasteiger partial charge on any atom is 0.150 e. The first kappa shape index (κ1) is 12.0. The van der Waals surface area contributed by atoms with Crippen LogP contribution in [0.15, 0.2) is 18.2 Å². The Labute approximate surface area is 99.2 Å². The van der Waals surface area contributed by atoms with E-state index in [0.717, 1.165) is 25.3 Å². The van der Waals surface area contributed by atoms with Gasteiger partial charge < -0.3 is 9.84 Å². The molecule has 0 bridgehead atoms. The Morgan fingerprint density at radius 2 is 2.06 bits per heavy atom. The zero-order chi connectivity index (χ0) is 12.3. The van der Waals surface area contributed by atoms with Gasteiger partial charge in [-0.15, -0.1) is 0 Å². The summed E-state index contributed by atoms with van der Waals surface area (Å²) in [6, 6.07) is 3.86. The number of rotatable bonds is 3. The summed E-state index contributed by atoms with van der Waals surface area (Å²) in [5.74, 6) is -0.201. The maximum atomic E-state index is 13.2. The Morgan fingerprint density at radius 3 is 2.76 bits per heavy atom. The Morgan fingerprint density at radius 1 is 1.29 bits per heavy atom. The van der Waals surface area contributed by atoms with Gasteiger partial charge in [0.25, 0.3) is 0 Å². The number of carbonyl (C=O) groups is 1. The average Bonchev–Trinajstić information content (AvgIpc) is 2.31. The highest BCUT2D eigenvalue weighted by atomic mass is 19.1. The van der Waals surface area contributed by atoms with Gasteiger partial charge in [-0.1, -0.05) is 6.42 Å². The van der Waals surface area contributed by atoms with Crippen LogP contribution in [0.4, 0.5) is 4.39 Å². The fourth-order valence-corrected chi connectivity index (χ4v) is 2.11. The number of hydrogen-bond acceptors (Lipinski definition) is 3. The van der Waals surface area contributed by atoms with Crippen molar-refractivity contribution in [1.82, 2.24) is 0 Å². The van der Waals surface area contributed by atoms with Crippen LogP contribution in [0.25, 0.3) is 0 Å². The van der Waals surface area contributed by atoms with Gasteiger partial charge in [0.1, 0.15) is 24.0 Å². The second kappa shape index (κ2) is 5.27. The first-order chi connectivity index (χ1) is 8.19. The van der Waals surface area contributed by atoms with Crippen LogP contribution in [-0.2, 0) is 0 Å². The molecule has 2 unspecified atom stereocenters. The molecule has 1 N–H and O–H groups in total. The second-order valence-electron chi connectivity index (χ2n) is 4.35. The number of aliphatic hydroxyl groups excluding tert-OH is 1. The molecule has 2 rings (SSSR count). The molecule has 0 aromatic heterocycles. The van der Waals surface area contributed by atoms with Crippen LogP contribution in [0.5, 0.6) is 5.75 Å². The van der Waals surface area contributed by atoms with Crippen molar-refractivity contribution < 1.29 is 19.0 Å². The first-order valence-electron chi connectivity index (χ1n) is 5.79. The topological polar surface area (TPSA) is 46.5 Å². The number of ether oxygens (including phenoxy) is 1. The molecule has 0 spiro atoms. The Balaban J connectivity index is 2.11. The molecule has 1 aliphatic rings. The van der Waals surface area contributed by atoms with E-state index in [9.17, 15) is 14.3 Å². The minimum atomic E-state index is -0.508. The first-order valence-corrected chi connectivity index (χ1v) is 5.79. The van der Waals surface area contributed by atoms with Crippen LogP contribution < -0.4 is 4.74 Å². The summed E-state index contributed by atoms with van der Waals surface area (Å²) < 4.78 is 18.7. The molecule has 2 atom stereocenters. The summed E-state index contributed by atoms with van der Waals surface area (Å²) in [6.07, 6.45) is 3.22. The monoisotopic (exact) mass is 238 g/mol. The lowest BCUT2D eigenvalue weighted by molar-refractivity contribution is 0.00671. The van der Waals surface area contributed by atoms with E-state index in [4.69, 9.17) is 4.74 Å². The fraction of sp³-hybridized carbons (Fsp3) is 0.462. The number of carbonyl (C=O) groups excluding carboxylic acids is 1. The molecule has 0 aliphatic heterocycles. The Kier molecular flexibility index (Phi) is 3.74. The van der Waals surface area contributed by atoms with Gasteiger partial charge in [0, 0.05) is 11.6 Å². The lowest BCUT2D eigenvalue weighted by Gasteiger charge is -2.28. The van der Waals surface area contributed by atoms with Crippen LogP contribution >= 0.6 is 0 Å². The summed E-state index contributed by atoms with van der Waals surface area (Å²) in [6.45, 7) is 0. The molecule has 1 aromatic carbocycles. The van der Waals surface area contributed by atoms with Crippen molar-refractivity contribution in [2.45, 2.75) is 37.9 Å². The molecule has 3 nitrogen and oxygen atoms in total. The SMILES string of the molecule is O=Cc1cc(F)cc(OC2CCCCC2O)c1. The quantitative estimate of drug-likeness (QED) is 0.822. The van der Waals surface area contributed by atoms with Gasteiger partial charge in [0.05, 0.1) is 6.10 Å². The normalized spacial score (nSPS) is 24.4. The van der Waals surface area contributed by atoms with Crippen LogP contribution in [0, 0.1) is 5.82 Å². The van der Waals surface area contributed by atoms with E-state index >= 15 is 0 Å². The van der Waals surface area contributed by atoms with Crippen molar-refractivity contribution in [3.05, 3.63) is 29.6 Å². The van der Waals surface area contributed by atoms with Crippen LogP contribution in [0.3, 0.4) is 0 Å². The van der Waals surface area contributed by atoms with Gasteiger partial charge in [-0.25, -0.2) is 4.39 Å². The summed E-state index contributed by atoms with van der Waals surface area (Å²) in [7, 11) is 0. The maximum absolute atomic E-state index is 13.2.